The van der Waals surface area contributed by atoms with E-state index in [1.54, 1.807) is 28.0 Å². The maximum atomic E-state index is 12.9. The topological polar surface area (TPSA) is 68.3 Å². The molecular weight excluding hydrogens is 300 g/mol. The lowest BCUT2D eigenvalue weighted by atomic mass is 10.1. The van der Waals surface area contributed by atoms with Crippen molar-refractivity contribution in [2.75, 3.05) is 47.5 Å². The molecule has 7 nitrogen and oxygen atoms in total. The highest BCUT2D eigenvalue weighted by atomic mass is 16.5. The van der Waals surface area contributed by atoms with Crippen LogP contribution >= 0.6 is 0 Å². The molecule has 1 heterocycles. The first-order valence-corrected chi connectivity index (χ1v) is 7.45. The van der Waals surface area contributed by atoms with Gasteiger partial charge in [-0.1, -0.05) is 6.07 Å². The lowest BCUT2D eigenvalue weighted by Crippen LogP contribution is -2.37. The molecule has 1 fully saturated rings. The summed E-state index contributed by atoms with van der Waals surface area (Å²) in [5.74, 6) is 0.790. The SMILES string of the molecule is COC(=O)N1CCCN(C(=O)c2c(OC)cccc2OC)CC1. The van der Waals surface area contributed by atoms with Gasteiger partial charge in [0.25, 0.3) is 5.91 Å². The van der Waals surface area contributed by atoms with E-state index in [9.17, 15) is 9.59 Å². The van der Waals surface area contributed by atoms with Crippen LogP contribution in [-0.2, 0) is 4.74 Å². The van der Waals surface area contributed by atoms with E-state index in [4.69, 9.17) is 14.2 Å². The normalized spacial score (nSPS) is 14.9. The van der Waals surface area contributed by atoms with E-state index in [1.807, 2.05) is 0 Å². The van der Waals surface area contributed by atoms with Gasteiger partial charge in [-0.25, -0.2) is 4.79 Å². The number of benzene rings is 1. The summed E-state index contributed by atoms with van der Waals surface area (Å²) in [5.41, 5.74) is 0.406. The molecule has 1 aliphatic rings. The van der Waals surface area contributed by atoms with Crippen LogP contribution in [-0.4, -0.2) is 69.3 Å². The largest absolute Gasteiger partial charge is 0.496 e. The van der Waals surface area contributed by atoms with Crippen molar-refractivity contribution in [3.8, 4) is 11.5 Å². The van der Waals surface area contributed by atoms with E-state index in [0.717, 1.165) is 0 Å². The molecule has 2 rings (SSSR count). The highest BCUT2D eigenvalue weighted by Gasteiger charge is 2.27. The van der Waals surface area contributed by atoms with E-state index in [-0.39, 0.29) is 12.0 Å². The Morgan fingerprint density at radius 2 is 1.48 bits per heavy atom. The molecule has 7 heteroatoms. The third kappa shape index (κ3) is 3.67. The van der Waals surface area contributed by atoms with Crippen LogP contribution < -0.4 is 9.47 Å². The van der Waals surface area contributed by atoms with Crippen molar-refractivity contribution in [3.05, 3.63) is 23.8 Å². The minimum atomic E-state index is -0.367. The minimum Gasteiger partial charge on any atom is -0.496 e. The first kappa shape index (κ1) is 16.9. The highest BCUT2D eigenvalue weighted by Crippen LogP contribution is 2.29. The Hall–Kier alpha value is -2.44. The average Bonchev–Trinajstić information content (AvgIpc) is 2.85. The number of carbonyl (C=O) groups excluding carboxylic acids is 2. The van der Waals surface area contributed by atoms with Crippen LogP contribution in [0.2, 0.25) is 0 Å². The molecule has 0 spiro atoms. The second-order valence-corrected chi connectivity index (χ2v) is 5.14. The lowest BCUT2D eigenvalue weighted by molar-refractivity contribution is 0.0750. The summed E-state index contributed by atoms with van der Waals surface area (Å²) in [6.45, 7) is 2.01. The van der Waals surface area contributed by atoms with Crippen molar-refractivity contribution in [1.29, 1.82) is 0 Å². The molecule has 0 atom stereocenters. The summed E-state index contributed by atoms with van der Waals surface area (Å²) >= 11 is 0. The van der Waals surface area contributed by atoms with Crippen LogP contribution in [0.15, 0.2) is 18.2 Å². The number of carbonyl (C=O) groups is 2. The molecule has 126 valence electrons. The number of ether oxygens (including phenoxy) is 3. The smallest absolute Gasteiger partial charge is 0.409 e. The van der Waals surface area contributed by atoms with Gasteiger partial charge in [0.1, 0.15) is 17.1 Å². The van der Waals surface area contributed by atoms with Crippen LogP contribution in [0.5, 0.6) is 11.5 Å². The standard InChI is InChI=1S/C16H22N2O5/c1-21-12-6-4-7-13(22-2)14(12)15(19)17-8-5-9-18(11-10-17)16(20)23-3/h4,6-7H,5,8-11H2,1-3H3. The van der Waals surface area contributed by atoms with Crippen molar-refractivity contribution in [3.63, 3.8) is 0 Å². The molecule has 2 amide bonds. The second kappa shape index (κ2) is 7.71. The maximum absolute atomic E-state index is 12.9. The van der Waals surface area contributed by atoms with E-state index < -0.39 is 0 Å². The van der Waals surface area contributed by atoms with Crippen molar-refractivity contribution in [2.24, 2.45) is 0 Å². The van der Waals surface area contributed by atoms with Gasteiger partial charge < -0.3 is 24.0 Å². The van der Waals surface area contributed by atoms with Crippen LogP contribution in [0, 0.1) is 0 Å². The fourth-order valence-electron chi connectivity index (χ4n) is 2.65. The summed E-state index contributed by atoms with van der Waals surface area (Å²) < 4.78 is 15.3. The Balaban J connectivity index is 2.19. The van der Waals surface area contributed by atoms with Crippen molar-refractivity contribution >= 4 is 12.0 Å². The van der Waals surface area contributed by atoms with E-state index in [2.05, 4.69) is 0 Å². The van der Waals surface area contributed by atoms with Crippen LogP contribution in [0.25, 0.3) is 0 Å². The molecule has 0 N–H and O–H groups in total. The number of rotatable bonds is 3. The van der Waals surface area contributed by atoms with Gasteiger partial charge in [-0.2, -0.15) is 0 Å². The van der Waals surface area contributed by atoms with Crippen molar-refractivity contribution < 1.29 is 23.8 Å². The quantitative estimate of drug-likeness (QED) is 0.846. The van der Waals surface area contributed by atoms with Crippen LogP contribution in [0.3, 0.4) is 0 Å². The van der Waals surface area contributed by atoms with Gasteiger partial charge in [0, 0.05) is 26.2 Å². The Morgan fingerprint density at radius 3 is 2.04 bits per heavy atom. The molecule has 0 radical (unpaired) electrons. The zero-order valence-corrected chi connectivity index (χ0v) is 13.7. The Bertz CT molecular complexity index is 553. The third-order valence-electron chi connectivity index (χ3n) is 3.86. The van der Waals surface area contributed by atoms with Gasteiger partial charge >= 0.3 is 6.09 Å². The molecule has 0 unspecified atom stereocenters. The molecule has 1 saturated heterocycles. The van der Waals surface area contributed by atoms with E-state index >= 15 is 0 Å². The summed E-state index contributed by atoms with van der Waals surface area (Å²) in [6.07, 6.45) is 0.326. The zero-order valence-electron chi connectivity index (χ0n) is 13.7. The van der Waals surface area contributed by atoms with Gasteiger partial charge in [0.05, 0.1) is 21.3 Å². The predicted molar refractivity (Wildman–Crippen MR) is 84.0 cm³/mol. The summed E-state index contributed by atoms with van der Waals surface area (Å²) in [6, 6.07) is 5.23. The minimum absolute atomic E-state index is 0.161. The Kier molecular flexibility index (Phi) is 5.67. The van der Waals surface area contributed by atoms with Gasteiger partial charge in [-0.15, -0.1) is 0 Å². The van der Waals surface area contributed by atoms with Gasteiger partial charge in [0.15, 0.2) is 0 Å². The molecule has 0 aliphatic carbocycles. The second-order valence-electron chi connectivity index (χ2n) is 5.14. The zero-order chi connectivity index (χ0) is 16.8. The monoisotopic (exact) mass is 322 g/mol. The average molecular weight is 322 g/mol. The molecule has 0 saturated carbocycles. The number of hydrogen-bond donors (Lipinski definition) is 0. The molecule has 0 aromatic heterocycles. The van der Waals surface area contributed by atoms with Gasteiger partial charge in [0.2, 0.25) is 0 Å². The Morgan fingerprint density at radius 1 is 0.913 bits per heavy atom. The van der Waals surface area contributed by atoms with Gasteiger partial charge in [-0.05, 0) is 18.6 Å². The third-order valence-corrected chi connectivity index (χ3v) is 3.86. The Labute approximate surface area is 135 Å². The molecule has 0 bridgehead atoms. The molecule has 1 aromatic rings. The van der Waals surface area contributed by atoms with Crippen LogP contribution in [0.1, 0.15) is 16.8 Å². The first-order valence-electron chi connectivity index (χ1n) is 7.45. The summed E-state index contributed by atoms with van der Waals surface area (Å²) in [4.78, 5) is 27.8. The number of methoxy groups -OCH3 is 3. The fraction of sp³-hybridized carbons (Fsp3) is 0.500. The van der Waals surface area contributed by atoms with Crippen molar-refractivity contribution in [2.45, 2.75) is 6.42 Å². The van der Waals surface area contributed by atoms with Gasteiger partial charge in [-0.3, -0.25) is 4.79 Å². The maximum Gasteiger partial charge on any atom is 0.409 e. The number of nitrogens with zero attached hydrogens (tertiary/aromatic N) is 2. The number of amides is 2. The first-order chi connectivity index (χ1) is 11.1. The van der Waals surface area contributed by atoms with Crippen molar-refractivity contribution in [1.82, 2.24) is 9.80 Å². The fourth-order valence-corrected chi connectivity index (χ4v) is 2.65. The molecule has 23 heavy (non-hydrogen) atoms. The van der Waals surface area contributed by atoms with E-state index in [1.165, 1.54) is 21.3 Å². The highest BCUT2D eigenvalue weighted by molar-refractivity contribution is 5.99. The number of hydrogen-bond acceptors (Lipinski definition) is 5. The molecule has 1 aliphatic heterocycles. The van der Waals surface area contributed by atoms with Crippen LogP contribution in [0.4, 0.5) is 4.79 Å². The molecule has 1 aromatic carbocycles. The lowest BCUT2D eigenvalue weighted by Gasteiger charge is -2.23. The molecular formula is C16H22N2O5. The predicted octanol–water partition coefficient (Wildman–Crippen LogP) is 1.62. The summed E-state index contributed by atoms with van der Waals surface area (Å²) in [7, 11) is 4.40. The van der Waals surface area contributed by atoms with E-state index in [0.29, 0.717) is 49.7 Å². The summed E-state index contributed by atoms with van der Waals surface area (Å²) in [5, 5.41) is 0.